The zero-order chi connectivity index (χ0) is 18.4. The Bertz CT molecular complexity index is 725. The maximum atomic E-state index is 12.2. The minimum absolute atomic E-state index is 0.122. The van der Waals surface area contributed by atoms with Crippen molar-refractivity contribution in [1.29, 1.82) is 0 Å². The average molecular weight is 392 g/mol. The van der Waals surface area contributed by atoms with Gasteiger partial charge in [0.25, 0.3) is 0 Å². The molecule has 26 heavy (non-hydrogen) atoms. The fraction of sp³-hybridized carbons (Fsp3) is 0.450. The summed E-state index contributed by atoms with van der Waals surface area (Å²) in [6.45, 7) is 8.11. The molecule has 1 aromatic carbocycles. The third kappa shape index (κ3) is 5.81. The van der Waals surface area contributed by atoms with Gasteiger partial charge in [-0.2, -0.15) is 0 Å². The average Bonchev–Trinajstić information content (AvgIpc) is 3.03. The Morgan fingerprint density at radius 1 is 1.12 bits per heavy atom. The lowest BCUT2D eigenvalue weighted by molar-refractivity contribution is -0.122. The normalized spacial score (nSPS) is 15.9. The number of nitrogens with zero attached hydrogens (tertiary/aromatic N) is 2. The number of hydrogen-bond acceptors (Lipinski definition) is 4. The highest BCUT2D eigenvalue weighted by Crippen LogP contribution is 2.23. The first-order valence-corrected chi connectivity index (χ1v) is 10.3. The molecule has 1 aliphatic heterocycles. The van der Waals surface area contributed by atoms with E-state index >= 15 is 0 Å². The van der Waals surface area contributed by atoms with Crippen molar-refractivity contribution in [2.24, 2.45) is 0 Å². The Morgan fingerprint density at radius 3 is 2.54 bits per heavy atom. The standard InChI is InChI=1S/C20H26ClN3OS/c1-16-4-2-3-5-17(16)8-9-22-20(25)15-24-12-10-23(11-13-24)14-18-6-7-19(21)26-18/h2-7H,8-15H2,1H3,(H,22,25). The van der Waals surface area contributed by atoms with E-state index in [1.807, 2.05) is 18.2 Å². The minimum Gasteiger partial charge on any atom is -0.355 e. The molecular formula is C20H26ClN3OS. The summed E-state index contributed by atoms with van der Waals surface area (Å²) in [4.78, 5) is 18.1. The first-order chi connectivity index (χ1) is 12.6. The second-order valence-corrected chi connectivity index (χ2v) is 8.58. The van der Waals surface area contributed by atoms with E-state index < -0.39 is 0 Å². The molecule has 6 heteroatoms. The number of hydrogen-bond donors (Lipinski definition) is 1. The molecule has 0 bridgehead atoms. The number of thiophene rings is 1. The number of carbonyl (C=O) groups excluding carboxylic acids is 1. The van der Waals surface area contributed by atoms with E-state index in [4.69, 9.17) is 11.6 Å². The van der Waals surface area contributed by atoms with E-state index in [-0.39, 0.29) is 5.91 Å². The molecule has 1 aromatic heterocycles. The van der Waals surface area contributed by atoms with Crippen LogP contribution in [0.3, 0.4) is 0 Å². The topological polar surface area (TPSA) is 35.6 Å². The second-order valence-electron chi connectivity index (χ2n) is 6.78. The molecule has 2 heterocycles. The summed E-state index contributed by atoms with van der Waals surface area (Å²) in [7, 11) is 0. The van der Waals surface area contributed by atoms with Crippen molar-refractivity contribution in [2.45, 2.75) is 19.9 Å². The number of carbonyl (C=O) groups is 1. The van der Waals surface area contributed by atoms with Crippen LogP contribution in [-0.4, -0.2) is 55.0 Å². The molecular weight excluding hydrogens is 366 g/mol. The predicted octanol–water partition coefficient (Wildman–Crippen LogP) is 3.19. The molecule has 0 unspecified atom stereocenters. The summed E-state index contributed by atoms with van der Waals surface area (Å²) >= 11 is 7.64. The maximum Gasteiger partial charge on any atom is 0.234 e. The summed E-state index contributed by atoms with van der Waals surface area (Å²) in [5.41, 5.74) is 2.58. The van der Waals surface area contributed by atoms with Crippen LogP contribution in [0.4, 0.5) is 0 Å². The van der Waals surface area contributed by atoms with Gasteiger partial charge in [0.15, 0.2) is 0 Å². The van der Waals surface area contributed by atoms with E-state index in [0.29, 0.717) is 13.1 Å². The van der Waals surface area contributed by atoms with Gasteiger partial charge in [0.2, 0.25) is 5.91 Å². The van der Waals surface area contributed by atoms with Gasteiger partial charge in [-0.3, -0.25) is 14.6 Å². The largest absolute Gasteiger partial charge is 0.355 e. The minimum atomic E-state index is 0.122. The van der Waals surface area contributed by atoms with Crippen molar-refractivity contribution in [3.63, 3.8) is 0 Å². The van der Waals surface area contributed by atoms with E-state index in [2.05, 4.69) is 40.2 Å². The Kier molecular flexibility index (Phi) is 7.08. The van der Waals surface area contributed by atoms with Gasteiger partial charge < -0.3 is 5.32 Å². The zero-order valence-electron chi connectivity index (χ0n) is 15.2. The van der Waals surface area contributed by atoms with Gasteiger partial charge >= 0.3 is 0 Å². The molecule has 1 amide bonds. The summed E-state index contributed by atoms with van der Waals surface area (Å²) < 4.78 is 0.848. The molecule has 1 aliphatic rings. The molecule has 2 aromatic rings. The third-order valence-electron chi connectivity index (χ3n) is 4.82. The number of amides is 1. The second kappa shape index (κ2) is 9.51. The van der Waals surface area contributed by atoms with Crippen LogP contribution < -0.4 is 5.32 Å². The summed E-state index contributed by atoms with van der Waals surface area (Å²) in [6.07, 6.45) is 0.884. The van der Waals surface area contributed by atoms with E-state index in [1.54, 1.807) is 11.3 Å². The summed E-state index contributed by atoms with van der Waals surface area (Å²) in [6, 6.07) is 12.4. The van der Waals surface area contributed by atoms with E-state index in [1.165, 1.54) is 16.0 Å². The highest BCUT2D eigenvalue weighted by Gasteiger charge is 2.19. The molecule has 0 spiro atoms. The highest BCUT2D eigenvalue weighted by atomic mass is 35.5. The van der Waals surface area contributed by atoms with Crippen LogP contribution in [0.25, 0.3) is 0 Å². The molecule has 1 saturated heterocycles. The van der Waals surface area contributed by atoms with Gasteiger partial charge in [0, 0.05) is 44.1 Å². The molecule has 140 valence electrons. The first-order valence-electron chi connectivity index (χ1n) is 9.10. The predicted molar refractivity (Wildman–Crippen MR) is 109 cm³/mol. The van der Waals surface area contributed by atoms with Crippen LogP contribution >= 0.6 is 22.9 Å². The summed E-state index contributed by atoms with van der Waals surface area (Å²) in [5.74, 6) is 0.122. The van der Waals surface area contributed by atoms with Crippen LogP contribution in [0.1, 0.15) is 16.0 Å². The van der Waals surface area contributed by atoms with Crippen molar-refractivity contribution < 1.29 is 4.79 Å². The fourth-order valence-corrected chi connectivity index (χ4v) is 4.38. The quantitative estimate of drug-likeness (QED) is 0.787. The smallest absolute Gasteiger partial charge is 0.234 e. The lowest BCUT2D eigenvalue weighted by Gasteiger charge is -2.34. The maximum absolute atomic E-state index is 12.2. The lowest BCUT2D eigenvalue weighted by Crippen LogP contribution is -2.49. The highest BCUT2D eigenvalue weighted by molar-refractivity contribution is 7.16. The number of halogens is 1. The van der Waals surface area contributed by atoms with E-state index in [9.17, 15) is 4.79 Å². The van der Waals surface area contributed by atoms with Crippen molar-refractivity contribution in [1.82, 2.24) is 15.1 Å². The SMILES string of the molecule is Cc1ccccc1CCNC(=O)CN1CCN(Cc2ccc(Cl)s2)CC1. The number of piperazine rings is 1. The van der Waals surface area contributed by atoms with Crippen molar-refractivity contribution in [3.8, 4) is 0 Å². The number of rotatable bonds is 7. The van der Waals surface area contributed by atoms with Crippen molar-refractivity contribution >= 4 is 28.8 Å². The first kappa shape index (κ1) is 19.4. The van der Waals surface area contributed by atoms with Gasteiger partial charge in [-0.15, -0.1) is 11.3 Å². The van der Waals surface area contributed by atoms with Crippen molar-refractivity contribution in [3.05, 3.63) is 56.7 Å². The Hall–Kier alpha value is -1.40. The molecule has 1 N–H and O–H groups in total. The van der Waals surface area contributed by atoms with Crippen LogP contribution in [-0.2, 0) is 17.8 Å². The van der Waals surface area contributed by atoms with Crippen LogP contribution in [0, 0.1) is 6.92 Å². The Labute approximate surface area is 164 Å². The van der Waals surface area contributed by atoms with Crippen LogP contribution in [0.5, 0.6) is 0 Å². The third-order valence-corrected chi connectivity index (χ3v) is 6.03. The Balaban J connectivity index is 1.33. The van der Waals surface area contributed by atoms with E-state index in [0.717, 1.165) is 43.5 Å². The van der Waals surface area contributed by atoms with Crippen LogP contribution in [0.2, 0.25) is 4.34 Å². The molecule has 1 fully saturated rings. The Morgan fingerprint density at radius 2 is 1.85 bits per heavy atom. The van der Waals surface area contributed by atoms with Gasteiger partial charge in [-0.1, -0.05) is 35.9 Å². The van der Waals surface area contributed by atoms with Crippen molar-refractivity contribution in [2.75, 3.05) is 39.3 Å². The van der Waals surface area contributed by atoms with Crippen LogP contribution in [0.15, 0.2) is 36.4 Å². The molecule has 0 aliphatic carbocycles. The molecule has 0 atom stereocenters. The van der Waals surface area contributed by atoms with Gasteiger partial charge in [0.1, 0.15) is 0 Å². The zero-order valence-corrected chi connectivity index (χ0v) is 16.8. The lowest BCUT2D eigenvalue weighted by atomic mass is 10.1. The summed E-state index contributed by atoms with van der Waals surface area (Å²) in [5, 5.41) is 3.05. The number of aryl methyl sites for hydroxylation is 1. The molecule has 0 radical (unpaired) electrons. The van der Waals surface area contributed by atoms with Gasteiger partial charge in [0.05, 0.1) is 10.9 Å². The van der Waals surface area contributed by atoms with Gasteiger partial charge in [-0.05, 0) is 36.6 Å². The molecule has 3 rings (SSSR count). The fourth-order valence-electron chi connectivity index (χ4n) is 3.25. The number of nitrogens with one attached hydrogen (secondary N) is 1. The monoisotopic (exact) mass is 391 g/mol. The van der Waals surface area contributed by atoms with Gasteiger partial charge in [-0.25, -0.2) is 0 Å². The molecule has 0 saturated carbocycles. The molecule has 4 nitrogen and oxygen atoms in total. The number of benzene rings is 1.